The minimum absolute atomic E-state index is 0. The van der Waals surface area contributed by atoms with Crippen LogP contribution in [0.2, 0.25) is 0 Å². The fraction of sp³-hybridized carbons (Fsp3) is 0.417. The van der Waals surface area contributed by atoms with Gasteiger partial charge in [0.25, 0.3) is 11.8 Å². The van der Waals surface area contributed by atoms with Gasteiger partial charge in [0.05, 0.1) is 13.1 Å². The summed E-state index contributed by atoms with van der Waals surface area (Å²) in [6.45, 7) is -0.126. The van der Waals surface area contributed by atoms with Gasteiger partial charge in [0.2, 0.25) is 0 Å². The standard InChI is InChI=1S/C12H15BrF2N2O2.ClH/c1-8(11(18)17-7-12(14,15)6-16)19-10-4-2-3-9(13)5-10;/h2-5,8H,6-7,16H2,1H3,(H,17,18);1H. The molecule has 114 valence electrons. The first-order chi connectivity index (χ1) is 8.84. The minimum Gasteiger partial charge on any atom is -0.481 e. The predicted octanol–water partition coefficient (Wildman–Crippen LogP) is 2.35. The van der Waals surface area contributed by atoms with Crippen LogP contribution in [-0.2, 0) is 4.79 Å². The SMILES string of the molecule is CC(Oc1cccc(Br)c1)C(=O)NCC(F)(F)CN.Cl. The molecular weight excluding hydrogens is 357 g/mol. The molecule has 8 heteroatoms. The van der Waals surface area contributed by atoms with Crippen LogP contribution in [0.15, 0.2) is 28.7 Å². The number of halogens is 4. The Balaban J connectivity index is 0.00000361. The van der Waals surface area contributed by atoms with Crippen LogP contribution >= 0.6 is 28.3 Å². The molecule has 0 saturated carbocycles. The van der Waals surface area contributed by atoms with E-state index in [1.54, 1.807) is 24.3 Å². The third-order valence-corrected chi connectivity index (χ3v) is 2.79. The first kappa shape index (κ1) is 19.1. The van der Waals surface area contributed by atoms with E-state index in [0.717, 1.165) is 4.47 Å². The van der Waals surface area contributed by atoms with E-state index >= 15 is 0 Å². The molecule has 1 unspecified atom stereocenters. The van der Waals surface area contributed by atoms with Gasteiger partial charge in [-0.15, -0.1) is 12.4 Å². The summed E-state index contributed by atoms with van der Waals surface area (Å²) in [7, 11) is 0. The van der Waals surface area contributed by atoms with Gasteiger partial charge in [-0.05, 0) is 25.1 Å². The van der Waals surface area contributed by atoms with Crippen molar-refractivity contribution in [3.63, 3.8) is 0 Å². The van der Waals surface area contributed by atoms with E-state index in [1.165, 1.54) is 6.92 Å². The quantitative estimate of drug-likeness (QED) is 0.804. The van der Waals surface area contributed by atoms with Crippen LogP contribution in [-0.4, -0.2) is 31.0 Å². The van der Waals surface area contributed by atoms with Crippen LogP contribution in [0, 0.1) is 0 Å². The summed E-state index contributed by atoms with van der Waals surface area (Å²) >= 11 is 3.26. The summed E-state index contributed by atoms with van der Waals surface area (Å²) in [4.78, 5) is 11.6. The second kappa shape index (κ2) is 8.39. The second-order valence-corrected chi connectivity index (χ2v) is 4.91. The average Bonchev–Trinajstić information content (AvgIpc) is 2.36. The molecule has 0 aliphatic carbocycles. The smallest absolute Gasteiger partial charge is 0.277 e. The van der Waals surface area contributed by atoms with E-state index in [1.807, 2.05) is 0 Å². The van der Waals surface area contributed by atoms with E-state index in [2.05, 4.69) is 21.2 Å². The van der Waals surface area contributed by atoms with Crippen molar-refractivity contribution >= 4 is 34.2 Å². The topological polar surface area (TPSA) is 64.3 Å². The van der Waals surface area contributed by atoms with Gasteiger partial charge in [0.15, 0.2) is 6.10 Å². The molecule has 1 aromatic carbocycles. The Morgan fingerprint density at radius 1 is 1.55 bits per heavy atom. The molecule has 0 radical (unpaired) electrons. The third kappa shape index (κ3) is 6.49. The van der Waals surface area contributed by atoms with Crippen molar-refractivity contribution in [2.24, 2.45) is 5.73 Å². The highest BCUT2D eigenvalue weighted by Gasteiger charge is 2.28. The maximum Gasteiger partial charge on any atom is 0.277 e. The van der Waals surface area contributed by atoms with Crippen molar-refractivity contribution < 1.29 is 18.3 Å². The summed E-state index contributed by atoms with van der Waals surface area (Å²) in [6.07, 6.45) is -0.872. The van der Waals surface area contributed by atoms with Crippen LogP contribution in [0.3, 0.4) is 0 Å². The maximum atomic E-state index is 12.9. The van der Waals surface area contributed by atoms with Crippen molar-refractivity contribution in [3.05, 3.63) is 28.7 Å². The molecule has 1 rings (SSSR count). The minimum atomic E-state index is -3.11. The van der Waals surface area contributed by atoms with Gasteiger partial charge in [-0.3, -0.25) is 4.79 Å². The second-order valence-electron chi connectivity index (χ2n) is 4.00. The highest BCUT2D eigenvalue weighted by atomic mass is 79.9. The number of amides is 1. The Hall–Kier alpha value is -0.920. The molecule has 4 nitrogen and oxygen atoms in total. The third-order valence-electron chi connectivity index (χ3n) is 2.30. The number of ether oxygens (including phenoxy) is 1. The largest absolute Gasteiger partial charge is 0.481 e. The van der Waals surface area contributed by atoms with Crippen molar-refractivity contribution in [1.82, 2.24) is 5.32 Å². The lowest BCUT2D eigenvalue weighted by atomic mass is 10.3. The number of carbonyl (C=O) groups excluding carboxylic acids is 1. The average molecular weight is 374 g/mol. The molecular formula is C12H16BrClF2N2O2. The van der Waals surface area contributed by atoms with Crippen molar-refractivity contribution in [2.45, 2.75) is 19.0 Å². The van der Waals surface area contributed by atoms with Gasteiger partial charge >= 0.3 is 0 Å². The number of carbonyl (C=O) groups is 1. The van der Waals surface area contributed by atoms with E-state index in [0.29, 0.717) is 5.75 Å². The molecule has 3 N–H and O–H groups in total. The van der Waals surface area contributed by atoms with Crippen LogP contribution < -0.4 is 15.8 Å². The maximum absolute atomic E-state index is 12.9. The molecule has 1 atom stereocenters. The molecule has 0 aliphatic heterocycles. The first-order valence-electron chi connectivity index (χ1n) is 5.62. The van der Waals surface area contributed by atoms with Crippen molar-refractivity contribution in [1.29, 1.82) is 0 Å². The molecule has 0 fully saturated rings. The summed E-state index contributed by atoms with van der Waals surface area (Å²) in [5.41, 5.74) is 4.87. The van der Waals surface area contributed by atoms with Crippen LogP contribution in [0.5, 0.6) is 5.75 Å². The van der Waals surface area contributed by atoms with Gasteiger partial charge in [-0.1, -0.05) is 22.0 Å². The van der Waals surface area contributed by atoms with E-state index in [4.69, 9.17) is 10.5 Å². The summed E-state index contributed by atoms with van der Waals surface area (Å²) in [6, 6.07) is 6.90. The lowest BCUT2D eigenvalue weighted by molar-refractivity contribution is -0.129. The molecule has 0 bridgehead atoms. The number of hydrogen-bond acceptors (Lipinski definition) is 3. The molecule has 20 heavy (non-hydrogen) atoms. The van der Waals surface area contributed by atoms with Crippen LogP contribution in [0.4, 0.5) is 8.78 Å². The first-order valence-corrected chi connectivity index (χ1v) is 6.41. The molecule has 1 amide bonds. The lowest BCUT2D eigenvalue weighted by Gasteiger charge is -2.18. The number of hydrogen-bond donors (Lipinski definition) is 2. The highest BCUT2D eigenvalue weighted by Crippen LogP contribution is 2.19. The zero-order valence-electron chi connectivity index (χ0n) is 10.7. The zero-order valence-corrected chi connectivity index (χ0v) is 13.1. The number of rotatable bonds is 6. The molecule has 0 aliphatic rings. The Morgan fingerprint density at radius 2 is 2.20 bits per heavy atom. The molecule has 0 aromatic heterocycles. The summed E-state index contributed by atoms with van der Waals surface area (Å²) in [5.74, 6) is -3.25. The zero-order chi connectivity index (χ0) is 14.5. The van der Waals surface area contributed by atoms with Crippen LogP contribution in [0.25, 0.3) is 0 Å². The summed E-state index contributed by atoms with van der Waals surface area (Å²) < 4.78 is 31.9. The number of nitrogens with one attached hydrogen (secondary N) is 1. The van der Waals surface area contributed by atoms with Gasteiger partial charge in [-0.25, -0.2) is 8.78 Å². The Labute approximate surface area is 130 Å². The lowest BCUT2D eigenvalue weighted by Crippen LogP contribution is -2.45. The van der Waals surface area contributed by atoms with E-state index < -0.39 is 31.0 Å². The number of nitrogens with two attached hydrogens (primary N) is 1. The predicted molar refractivity (Wildman–Crippen MR) is 78.5 cm³/mol. The van der Waals surface area contributed by atoms with Gasteiger partial charge in [-0.2, -0.15) is 0 Å². The van der Waals surface area contributed by atoms with Crippen molar-refractivity contribution in [2.75, 3.05) is 13.1 Å². The molecule has 1 aromatic rings. The number of alkyl halides is 2. The molecule has 0 saturated heterocycles. The van der Waals surface area contributed by atoms with Gasteiger partial charge in [0, 0.05) is 4.47 Å². The summed E-state index contributed by atoms with van der Waals surface area (Å²) in [5, 5.41) is 2.10. The van der Waals surface area contributed by atoms with Crippen LogP contribution in [0.1, 0.15) is 6.92 Å². The highest BCUT2D eigenvalue weighted by molar-refractivity contribution is 9.10. The Morgan fingerprint density at radius 3 is 2.75 bits per heavy atom. The fourth-order valence-electron chi connectivity index (χ4n) is 1.23. The Bertz CT molecular complexity index is 449. The van der Waals surface area contributed by atoms with Gasteiger partial charge in [0.1, 0.15) is 5.75 Å². The molecule has 0 spiro atoms. The molecule has 0 heterocycles. The van der Waals surface area contributed by atoms with Crippen molar-refractivity contribution in [3.8, 4) is 5.75 Å². The fourth-order valence-corrected chi connectivity index (χ4v) is 1.61. The van der Waals surface area contributed by atoms with Gasteiger partial charge < -0.3 is 15.8 Å². The van der Waals surface area contributed by atoms with E-state index in [-0.39, 0.29) is 12.4 Å². The van der Waals surface area contributed by atoms with E-state index in [9.17, 15) is 13.6 Å². The Kier molecular flexibility index (Phi) is 8.00. The monoisotopic (exact) mass is 372 g/mol. The normalized spacial score (nSPS) is 12.2. The number of benzene rings is 1.